The number of amides is 1. The predicted molar refractivity (Wildman–Crippen MR) is 78.5 cm³/mol. The molecule has 0 atom stereocenters. The third-order valence-electron chi connectivity index (χ3n) is 2.49. The average Bonchev–Trinajstić information content (AvgIpc) is 2.84. The lowest BCUT2D eigenvalue weighted by Crippen LogP contribution is -2.29. The summed E-state index contributed by atoms with van der Waals surface area (Å²) in [6.07, 6.45) is 1.66. The average molecular weight is 296 g/mol. The van der Waals surface area contributed by atoms with Crippen LogP contribution < -0.4 is 5.32 Å². The van der Waals surface area contributed by atoms with Crippen LogP contribution in [0.3, 0.4) is 0 Å². The van der Waals surface area contributed by atoms with Gasteiger partial charge in [-0.1, -0.05) is 29.8 Å². The van der Waals surface area contributed by atoms with Gasteiger partial charge < -0.3 is 5.32 Å². The Morgan fingerprint density at radius 2 is 2.26 bits per heavy atom. The predicted octanol–water partition coefficient (Wildman–Crippen LogP) is 2.87. The Morgan fingerprint density at radius 3 is 2.95 bits per heavy atom. The van der Waals surface area contributed by atoms with Crippen molar-refractivity contribution in [3.8, 4) is 0 Å². The van der Waals surface area contributed by atoms with Gasteiger partial charge in [-0.25, -0.2) is 4.98 Å². The number of rotatable bonds is 5. The first kappa shape index (κ1) is 14.0. The second-order valence-electron chi connectivity index (χ2n) is 4.15. The highest BCUT2D eigenvalue weighted by molar-refractivity contribution is 7.13. The zero-order valence-corrected chi connectivity index (χ0v) is 12.0. The first-order valence-electron chi connectivity index (χ1n) is 5.76. The molecule has 2 aromatic rings. The van der Waals surface area contributed by atoms with Gasteiger partial charge in [-0.3, -0.25) is 9.69 Å². The van der Waals surface area contributed by atoms with Crippen molar-refractivity contribution in [3.63, 3.8) is 0 Å². The molecule has 19 heavy (non-hydrogen) atoms. The highest BCUT2D eigenvalue weighted by Gasteiger charge is 2.09. The molecule has 1 N–H and O–H groups in total. The lowest BCUT2D eigenvalue weighted by molar-refractivity contribution is -0.117. The van der Waals surface area contributed by atoms with E-state index in [4.69, 9.17) is 11.6 Å². The minimum Gasteiger partial charge on any atom is -0.301 e. The topological polar surface area (TPSA) is 45.2 Å². The van der Waals surface area contributed by atoms with E-state index in [0.29, 0.717) is 18.2 Å². The summed E-state index contributed by atoms with van der Waals surface area (Å²) >= 11 is 7.49. The van der Waals surface area contributed by atoms with Gasteiger partial charge in [-0.15, -0.1) is 11.3 Å². The van der Waals surface area contributed by atoms with Crippen LogP contribution in [0.15, 0.2) is 35.8 Å². The molecule has 6 heteroatoms. The Labute approximate surface area is 121 Å². The molecule has 0 bridgehead atoms. The summed E-state index contributed by atoms with van der Waals surface area (Å²) in [5.74, 6) is -0.0792. The van der Waals surface area contributed by atoms with Crippen LogP contribution >= 0.6 is 22.9 Å². The number of likely N-dealkylation sites (N-methyl/N-ethyl adjacent to an activating group) is 1. The first-order chi connectivity index (χ1) is 9.15. The molecule has 0 aliphatic carbocycles. The van der Waals surface area contributed by atoms with E-state index in [1.807, 2.05) is 41.6 Å². The Balaban J connectivity index is 1.86. The van der Waals surface area contributed by atoms with Crippen molar-refractivity contribution in [3.05, 3.63) is 46.4 Å². The van der Waals surface area contributed by atoms with Crippen molar-refractivity contribution < 1.29 is 4.79 Å². The van der Waals surface area contributed by atoms with Gasteiger partial charge in [-0.05, 0) is 18.7 Å². The van der Waals surface area contributed by atoms with Crippen LogP contribution in [-0.4, -0.2) is 29.4 Å². The number of nitrogens with zero attached hydrogens (tertiary/aromatic N) is 2. The monoisotopic (exact) mass is 295 g/mol. The van der Waals surface area contributed by atoms with Gasteiger partial charge in [0, 0.05) is 23.1 Å². The van der Waals surface area contributed by atoms with Crippen molar-refractivity contribution in [1.29, 1.82) is 0 Å². The van der Waals surface area contributed by atoms with Gasteiger partial charge in [0.05, 0.1) is 6.54 Å². The number of hydrogen-bond acceptors (Lipinski definition) is 4. The third kappa shape index (κ3) is 4.31. The molecule has 0 unspecified atom stereocenters. The fourth-order valence-corrected chi connectivity index (χ4v) is 2.40. The SMILES string of the molecule is CN(CC(=O)Nc1nccs1)Cc1ccccc1Cl. The van der Waals surface area contributed by atoms with Gasteiger partial charge in [0.1, 0.15) is 0 Å². The Kier molecular flexibility index (Phi) is 4.90. The highest BCUT2D eigenvalue weighted by Crippen LogP contribution is 2.16. The molecular formula is C13H14ClN3OS. The Hall–Kier alpha value is -1.43. The molecule has 0 spiro atoms. The Morgan fingerprint density at radius 1 is 1.47 bits per heavy atom. The molecule has 0 fully saturated rings. The molecule has 1 amide bonds. The summed E-state index contributed by atoms with van der Waals surface area (Å²) in [7, 11) is 1.88. The number of thiazole rings is 1. The lowest BCUT2D eigenvalue weighted by atomic mass is 10.2. The second-order valence-corrected chi connectivity index (χ2v) is 5.45. The number of carbonyl (C=O) groups excluding carboxylic acids is 1. The molecule has 100 valence electrons. The van der Waals surface area contributed by atoms with Gasteiger partial charge >= 0.3 is 0 Å². The van der Waals surface area contributed by atoms with Gasteiger partial charge in [0.15, 0.2) is 5.13 Å². The molecule has 0 saturated heterocycles. The van der Waals surface area contributed by atoms with Crippen LogP contribution in [0.2, 0.25) is 5.02 Å². The zero-order chi connectivity index (χ0) is 13.7. The minimum atomic E-state index is -0.0792. The molecule has 0 saturated carbocycles. The molecule has 0 aliphatic rings. The Bertz CT molecular complexity index is 545. The molecule has 1 aromatic heterocycles. The molecular weight excluding hydrogens is 282 g/mol. The van der Waals surface area contributed by atoms with E-state index in [9.17, 15) is 4.79 Å². The van der Waals surface area contributed by atoms with Crippen LogP contribution in [0, 0.1) is 0 Å². The standard InChI is InChI=1S/C13H14ClN3OS/c1-17(8-10-4-2-3-5-11(10)14)9-12(18)16-13-15-6-7-19-13/h2-7H,8-9H2,1H3,(H,15,16,18). The fourth-order valence-electron chi connectivity index (χ4n) is 1.66. The number of anilines is 1. The van der Waals surface area contributed by atoms with E-state index in [2.05, 4.69) is 10.3 Å². The van der Waals surface area contributed by atoms with E-state index >= 15 is 0 Å². The van der Waals surface area contributed by atoms with Crippen LogP contribution in [0.4, 0.5) is 5.13 Å². The van der Waals surface area contributed by atoms with Crippen molar-refractivity contribution in [2.75, 3.05) is 18.9 Å². The van der Waals surface area contributed by atoms with Gasteiger partial charge in [0.2, 0.25) is 5.91 Å². The van der Waals surface area contributed by atoms with E-state index in [1.165, 1.54) is 11.3 Å². The van der Waals surface area contributed by atoms with Crippen LogP contribution in [0.25, 0.3) is 0 Å². The minimum absolute atomic E-state index is 0.0792. The van der Waals surface area contributed by atoms with E-state index in [0.717, 1.165) is 10.6 Å². The van der Waals surface area contributed by atoms with Gasteiger partial charge in [0.25, 0.3) is 0 Å². The van der Waals surface area contributed by atoms with E-state index in [1.54, 1.807) is 6.20 Å². The summed E-state index contributed by atoms with van der Waals surface area (Å²) in [5.41, 5.74) is 1.01. The van der Waals surface area contributed by atoms with Crippen molar-refractivity contribution in [1.82, 2.24) is 9.88 Å². The maximum absolute atomic E-state index is 11.8. The zero-order valence-electron chi connectivity index (χ0n) is 10.5. The molecule has 0 aliphatic heterocycles. The third-order valence-corrected chi connectivity index (χ3v) is 3.55. The summed E-state index contributed by atoms with van der Waals surface area (Å²) in [4.78, 5) is 17.7. The first-order valence-corrected chi connectivity index (χ1v) is 7.02. The number of halogens is 1. The van der Waals surface area contributed by atoms with E-state index in [-0.39, 0.29) is 5.91 Å². The van der Waals surface area contributed by atoms with E-state index < -0.39 is 0 Å². The second kappa shape index (κ2) is 6.65. The quantitative estimate of drug-likeness (QED) is 0.922. The molecule has 2 rings (SSSR count). The normalized spacial score (nSPS) is 10.7. The maximum Gasteiger partial charge on any atom is 0.240 e. The van der Waals surface area contributed by atoms with Crippen LogP contribution in [-0.2, 0) is 11.3 Å². The largest absolute Gasteiger partial charge is 0.301 e. The molecule has 1 aromatic carbocycles. The fraction of sp³-hybridized carbons (Fsp3) is 0.231. The summed E-state index contributed by atoms with van der Waals surface area (Å²) in [6, 6.07) is 7.63. The summed E-state index contributed by atoms with van der Waals surface area (Å²) in [5, 5.41) is 5.91. The molecule has 4 nitrogen and oxygen atoms in total. The lowest BCUT2D eigenvalue weighted by Gasteiger charge is -2.16. The number of benzene rings is 1. The number of hydrogen-bond donors (Lipinski definition) is 1. The smallest absolute Gasteiger partial charge is 0.240 e. The summed E-state index contributed by atoms with van der Waals surface area (Å²) < 4.78 is 0. The van der Waals surface area contributed by atoms with Crippen LogP contribution in [0.5, 0.6) is 0 Å². The molecule has 1 heterocycles. The van der Waals surface area contributed by atoms with Crippen LogP contribution in [0.1, 0.15) is 5.56 Å². The van der Waals surface area contributed by atoms with Crippen molar-refractivity contribution in [2.45, 2.75) is 6.54 Å². The molecule has 0 radical (unpaired) electrons. The van der Waals surface area contributed by atoms with Crippen molar-refractivity contribution >= 4 is 34.0 Å². The van der Waals surface area contributed by atoms with Gasteiger partial charge in [-0.2, -0.15) is 0 Å². The number of nitrogens with one attached hydrogen (secondary N) is 1. The summed E-state index contributed by atoms with van der Waals surface area (Å²) in [6.45, 7) is 0.926. The van der Waals surface area contributed by atoms with Crippen molar-refractivity contribution in [2.24, 2.45) is 0 Å². The highest BCUT2D eigenvalue weighted by atomic mass is 35.5. The maximum atomic E-state index is 11.8. The number of carbonyl (C=O) groups is 1. The number of aromatic nitrogens is 1.